The van der Waals surface area contributed by atoms with E-state index in [4.69, 9.17) is 16.7 Å². The second-order valence-corrected chi connectivity index (χ2v) is 8.36. The molecule has 12 nitrogen and oxygen atoms in total. The number of H-pyrrole nitrogens is 2. The van der Waals surface area contributed by atoms with Gasteiger partial charge in [-0.05, 0) is 41.8 Å². The maximum atomic E-state index is 12.6. The highest BCUT2D eigenvalue weighted by Gasteiger charge is 2.17. The first-order valence-electron chi connectivity index (χ1n) is 11.5. The van der Waals surface area contributed by atoms with Crippen LogP contribution < -0.4 is 22.5 Å². The number of nitrogens with one attached hydrogen (secondary N) is 3. The maximum absolute atomic E-state index is 12.6. The van der Waals surface area contributed by atoms with Crippen LogP contribution in [0.5, 0.6) is 5.75 Å². The fraction of sp³-hybridized carbons (Fsp3) is 0. The van der Waals surface area contributed by atoms with Crippen molar-refractivity contribution in [2.75, 3.05) is 16.8 Å². The molecule has 0 fully saturated rings. The van der Waals surface area contributed by atoms with Crippen molar-refractivity contribution >= 4 is 44.9 Å². The number of fused-ring (bicyclic) bond motifs is 2. The fourth-order valence-corrected chi connectivity index (χ4v) is 3.95. The molecule has 0 spiro atoms. The molecule has 192 valence electrons. The zero-order valence-corrected chi connectivity index (χ0v) is 20.2. The number of aromatic nitrogens is 5. The van der Waals surface area contributed by atoms with Crippen LogP contribution in [0.3, 0.4) is 0 Å². The normalized spacial score (nSPS) is 10.5. The minimum atomic E-state index is -0.493. The lowest BCUT2D eigenvalue weighted by molar-refractivity contribution is 0.102. The van der Waals surface area contributed by atoms with Crippen molar-refractivity contribution < 1.29 is 9.90 Å². The summed E-state index contributed by atoms with van der Waals surface area (Å²) in [5, 5.41) is 27.1. The quantitative estimate of drug-likeness (QED) is 0.151. The monoisotopic (exact) mass is 519 g/mol. The van der Waals surface area contributed by atoms with E-state index in [0.717, 1.165) is 5.39 Å². The number of aromatic hydroxyl groups is 1. The zero-order chi connectivity index (χ0) is 27.5. The van der Waals surface area contributed by atoms with Crippen molar-refractivity contribution in [1.82, 2.24) is 24.7 Å². The van der Waals surface area contributed by atoms with Crippen LogP contribution in [-0.2, 0) is 0 Å². The number of imidazole rings is 1. The Morgan fingerprint density at radius 2 is 1.79 bits per heavy atom. The van der Waals surface area contributed by atoms with Gasteiger partial charge in [-0.2, -0.15) is 15.0 Å². The Kier molecular flexibility index (Phi) is 6.38. The molecular formula is C27H21N9O3. The van der Waals surface area contributed by atoms with Crippen LogP contribution in [0, 0.1) is 11.3 Å². The smallest absolute Gasteiger partial charge is 0.323 e. The van der Waals surface area contributed by atoms with Crippen molar-refractivity contribution in [2.45, 2.75) is 0 Å². The van der Waals surface area contributed by atoms with Crippen molar-refractivity contribution in [3.05, 3.63) is 101 Å². The van der Waals surface area contributed by atoms with E-state index in [1.54, 1.807) is 48.7 Å². The number of nitrogens with two attached hydrogens (primary N) is 2. The van der Waals surface area contributed by atoms with E-state index in [0.29, 0.717) is 39.3 Å². The summed E-state index contributed by atoms with van der Waals surface area (Å²) in [7, 11) is 0. The molecule has 3 heterocycles. The first-order chi connectivity index (χ1) is 18.9. The molecule has 0 unspecified atom stereocenters. The third-order valence-corrected chi connectivity index (χ3v) is 5.87. The van der Waals surface area contributed by atoms with Crippen molar-refractivity contribution in [3.8, 4) is 17.6 Å². The first-order valence-corrected chi connectivity index (χ1v) is 11.5. The summed E-state index contributed by atoms with van der Waals surface area (Å²) in [4.78, 5) is 33.2. The van der Waals surface area contributed by atoms with Crippen LogP contribution in [0.1, 0.15) is 15.9 Å². The van der Waals surface area contributed by atoms with Crippen LogP contribution in [-0.4, -0.2) is 35.7 Å². The number of nitrogen functional groups attached to an aromatic ring is 2. The number of nitrogens with zero attached hydrogens (tertiary/aromatic N) is 4. The molecule has 0 bridgehead atoms. The Hall–Kier alpha value is -6.09. The third-order valence-electron chi connectivity index (χ3n) is 5.87. The number of nitriles is 1. The van der Waals surface area contributed by atoms with E-state index in [9.17, 15) is 14.7 Å². The molecule has 0 aliphatic heterocycles. The Labute approximate surface area is 220 Å². The van der Waals surface area contributed by atoms with Crippen molar-refractivity contribution in [1.29, 1.82) is 5.26 Å². The third kappa shape index (κ3) is 4.83. The van der Waals surface area contributed by atoms with Gasteiger partial charge in [-0.1, -0.05) is 30.3 Å². The molecule has 6 rings (SSSR count). The lowest BCUT2D eigenvalue weighted by Crippen LogP contribution is -2.12. The largest absolute Gasteiger partial charge is 0.505 e. The van der Waals surface area contributed by atoms with Crippen molar-refractivity contribution in [2.24, 2.45) is 0 Å². The van der Waals surface area contributed by atoms with Crippen LogP contribution in [0.25, 0.3) is 27.6 Å². The van der Waals surface area contributed by atoms with Gasteiger partial charge in [-0.25, -0.2) is 9.78 Å². The number of anilines is 3. The molecule has 8 N–H and O–H groups in total. The van der Waals surface area contributed by atoms with Crippen LogP contribution in [0.4, 0.5) is 17.2 Å². The Morgan fingerprint density at radius 1 is 1.03 bits per heavy atom. The molecule has 0 aliphatic rings. The van der Waals surface area contributed by atoms with E-state index in [2.05, 4.69) is 25.4 Å². The number of phenols is 1. The number of aromatic amines is 2. The summed E-state index contributed by atoms with van der Waals surface area (Å²) < 4.78 is 1.43. The van der Waals surface area contributed by atoms with E-state index in [-0.39, 0.29) is 22.7 Å². The summed E-state index contributed by atoms with van der Waals surface area (Å²) in [6.07, 6.45) is 3.06. The highest BCUT2D eigenvalue weighted by molar-refractivity contribution is 6.12. The van der Waals surface area contributed by atoms with Gasteiger partial charge in [0, 0.05) is 17.3 Å². The topological polar surface area (TPSA) is 205 Å². The number of amides is 1. The maximum Gasteiger partial charge on any atom is 0.323 e. The molecule has 0 atom stereocenters. The molecule has 0 saturated heterocycles. The van der Waals surface area contributed by atoms with Gasteiger partial charge >= 0.3 is 5.69 Å². The minimum absolute atomic E-state index is 0.0823. The number of carbonyl (C=O) groups is 1. The van der Waals surface area contributed by atoms with Crippen LogP contribution in [0.15, 0.2) is 83.9 Å². The van der Waals surface area contributed by atoms with Gasteiger partial charge in [0.15, 0.2) is 11.6 Å². The Balaban J connectivity index is 0.000000186. The van der Waals surface area contributed by atoms with Gasteiger partial charge < -0.3 is 31.9 Å². The zero-order valence-electron chi connectivity index (χ0n) is 20.2. The molecule has 0 aliphatic carbocycles. The number of pyridine rings is 1. The minimum Gasteiger partial charge on any atom is -0.505 e. The lowest BCUT2D eigenvalue weighted by Gasteiger charge is -2.11. The number of hydrogen-bond donors (Lipinski definition) is 6. The number of benzene rings is 3. The predicted molar refractivity (Wildman–Crippen MR) is 147 cm³/mol. The molecule has 3 aromatic carbocycles. The van der Waals surface area contributed by atoms with Crippen molar-refractivity contribution in [3.63, 3.8) is 0 Å². The van der Waals surface area contributed by atoms with Gasteiger partial charge in [-0.15, -0.1) is 0 Å². The Bertz CT molecular complexity index is 1930. The summed E-state index contributed by atoms with van der Waals surface area (Å²) in [6.45, 7) is 0. The van der Waals surface area contributed by atoms with Gasteiger partial charge in [0.25, 0.3) is 5.91 Å². The highest BCUT2D eigenvalue weighted by Crippen LogP contribution is 2.34. The molecule has 6 aromatic rings. The summed E-state index contributed by atoms with van der Waals surface area (Å²) in [5.41, 5.74) is 13.6. The molecule has 0 saturated carbocycles. The average Bonchev–Trinajstić information content (AvgIpc) is 3.52. The molecule has 0 radical (unpaired) electrons. The van der Waals surface area contributed by atoms with Crippen LogP contribution in [0.2, 0.25) is 0 Å². The fourth-order valence-electron chi connectivity index (χ4n) is 3.95. The van der Waals surface area contributed by atoms with E-state index >= 15 is 0 Å². The summed E-state index contributed by atoms with van der Waals surface area (Å²) in [5.74, 6) is 0.164. The number of hydrogen-bond acceptors (Lipinski definition) is 8. The second-order valence-electron chi connectivity index (χ2n) is 8.36. The molecule has 1 amide bonds. The predicted octanol–water partition coefficient (Wildman–Crippen LogP) is 3.27. The lowest BCUT2D eigenvalue weighted by atomic mass is 10.0. The van der Waals surface area contributed by atoms with Crippen LogP contribution >= 0.6 is 0 Å². The average molecular weight is 520 g/mol. The highest BCUT2D eigenvalue weighted by atomic mass is 16.3. The van der Waals surface area contributed by atoms with E-state index in [1.165, 1.54) is 10.9 Å². The van der Waals surface area contributed by atoms with Gasteiger partial charge in [0.05, 0.1) is 28.5 Å². The standard InChI is InChI=1S/C18H14N4O3.C9H7N5/c19-15-11-4-2-1-3-9(11)7-12(16(15)23)17(24)20-10-5-6-13-14(8-10)22-18(25)21-13;10-5-7-6-13-14(9(7)11)8-3-1-2-4-12-8/h1-8,23H,19H2,(H,20,24)(H2,21,22,25);1-4,6H,11H2. The number of rotatable bonds is 3. The van der Waals surface area contributed by atoms with Gasteiger partial charge in [0.2, 0.25) is 0 Å². The molecule has 12 heteroatoms. The number of carbonyl (C=O) groups excluding carboxylic acids is 1. The van der Waals surface area contributed by atoms with Gasteiger partial charge in [0.1, 0.15) is 17.5 Å². The molecule has 3 aromatic heterocycles. The first kappa shape index (κ1) is 24.6. The molecule has 39 heavy (non-hydrogen) atoms. The summed E-state index contributed by atoms with van der Waals surface area (Å²) in [6, 6.07) is 21.1. The number of phenolic OH excluding ortho intramolecular Hbond substituents is 1. The van der Waals surface area contributed by atoms with E-state index in [1.807, 2.05) is 30.3 Å². The summed E-state index contributed by atoms with van der Waals surface area (Å²) >= 11 is 0. The van der Waals surface area contributed by atoms with Gasteiger partial charge in [-0.3, -0.25) is 4.79 Å². The Morgan fingerprint density at radius 3 is 2.54 bits per heavy atom. The van der Waals surface area contributed by atoms with E-state index < -0.39 is 5.91 Å². The second kappa shape index (κ2) is 10.1. The SMILES string of the molecule is N#Cc1cnn(-c2ccccn2)c1N.Nc1c(O)c(C(=O)Nc2ccc3[nH]c(=O)[nH]c3c2)cc2ccccc12. The molecular weight excluding hydrogens is 498 g/mol.